The Kier molecular flexibility index (Phi) is 11.5. The number of methoxy groups -OCH3 is 1. The zero-order chi connectivity index (χ0) is 30.2. The monoisotopic (exact) mass is 619 g/mol. The molecule has 0 unspecified atom stereocenters. The van der Waals surface area contributed by atoms with Crippen molar-refractivity contribution in [3.05, 3.63) is 94.0 Å². The Hall–Kier alpha value is -3.27. The van der Waals surface area contributed by atoms with Crippen molar-refractivity contribution in [2.45, 2.75) is 45.3 Å². The maximum atomic E-state index is 14.1. The smallest absolute Gasteiger partial charge is 0.244 e. The summed E-state index contributed by atoms with van der Waals surface area (Å²) in [5.74, 6) is -0.540. The van der Waals surface area contributed by atoms with Crippen LogP contribution in [0.25, 0.3) is 0 Å². The Bertz CT molecular complexity index is 1450. The molecule has 0 aliphatic carbocycles. The molecule has 0 spiro atoms. The number of sulfonamides is 1. The second kappa shape index (κ2) is 14.6. The molecule has 3 rings (SSSR count). The Labute approximate surface area is 252 Å². The molecule has 0 saturated heterocycles. The summed E-state index contributed by atoms with van der Waals surface area (Å²) in [4.78, 5) is 29.2. The van der Waals surface area contributed by atoms with E-state index in [1.807, 2.05) is 44.2 Å². The number of halogens is 2. The van der Waals surface area contributed by atoms with Gasteiger partial charge in [0.1, 0.15) is 18.3 Å². The van der Waals surface area contributed by atoms with Crippen LogP contribution in [0.2, 0.25) is 10.0 Å². The van der Waals surface area contributed by atoms with Gasteiger partial charge in [0.25, 0.3) is 0 Å². The maximum absolute atomic E-state index is 14.1. The molecule has 0 aromatic heterocycles. The number of amides is 2. The molecule has 3 aromatic rings. The summed E-state index contributed by atoms with van der Waals surface area (Å²) in [7, 11) is -2.48. The van der Waals surface area contributed by atoms with Gasteiger partial charge in [0, 0.05) is 24.0 Å². The molecular weight excluding hydrogens is 585 g/mol. The van der Waals surface area contributed by atoms with Gasteiger partial charge in [-0.2, -0.15) is 0 Å². The lowest BCUT2D eigenvalue weighted by Crippen LogP contribution is -2.54. The summed E-state index contributed by atoms with van der Waals surface area (Å²) in [5.41, 5.74) is 1.74. The molecule has 2 amide bonds. The Morgan fingerprint density at radius 3 is 2.24 bits per heavy atom. The number of ether oxygens (including phenoxy) is 1. The zero-order valence-corrected chi connectivity index (χ0v) is 25.8. The third-order valence-corrected chi connectivity index (χ3v) is 8.29. The molecule has 220 valence electrons. The first-order valence-electron chi connectivity index (χ1n) is 13.1. The molecule has 8 nitrogen and oxygen atoms in total. The lowest BCUT2D eigenvalue weighted by atomic mass is 10.0. The quantitative estimate of drug-likeness (QED) is 0.279. The molecule has 0 radical (unpaired) electrons. The van der Waals surface area contributed by atoms with Gasteiger partial charge in [0.15, 0.2) is 0 Å². The molecule has 41 heavy (non-hydrogen) atoms. The van der Waals surface area contributed by atoms with Crippen LogP contribution >= 0.6 is 23.2 Å². The van der Waals surface area contributed by atoms with Gasteiger partial charge in [0.05, 0.1) is 24.1 Å². The SMILES string of the molecule is CC[C@@H](C)NC(=O)[C@@H](Cc1ccccc1)N(Cc1cccc(Cl)c1)C(=O)CN(c1ccc(OC)c(Cl)c1)S(C)(=O)=O. The van der Waals surface area contributed by atoms with Gasteiger partial charge in [-0.3, -0.25) is 13.9 Å². The number of nitrogens with one attached hydrogen (secondary N) is 1. The third kappa shape index (κ3) is 9.11. The van der Waals surface area contributed by atoms with E-state index in [1.165, 1.54) is 30.2 Å². The average Bonchev–Trinajstić information content (AvgIpc) is 2.93. The van der Waals surface area contributed by atoms with Crippen LogP contribution in [0.3, 0.4) is 0 Å². The predicted molar refractivity (Wildman–Crippen MR) is 164 cm³/mol. The van der Waals surface area contributed by atoms with Gasteiger partial charge in [-0.15, -0.1) is 0 Å². The molecule has 0 saturated carbocycles. The summed E-state index contributed by atoms with van der Waals surface area (Å²) in [6.07, 6.45) is 1.94. The van der Waals surface area contributed by atoms with E-state index in [0.29, 0.717) is 22.8 Å². The van der Waals surface area contributed by atoms with E-state index < -0.39 is 28.5 Å². The Morgan fingerprint density at radius 1 is 0.976 bits per heavy atom. The van der Waals surface area contributed by atoms with Crippen LogP contribution < -0.4 is 14.4 Å². The average molecular weight is 621 g/mol. The zero-order valence-electron chi connectivity index (χ0n) is 23.5. The standard InChI is InChI=1S/C30H35Cl2N3O5S/c1-5-21(2)33-30(37)27(17-22-10-7-6-8-11-22)34(19-23-12-9-13-24(31)16-23)29(36)20-35(41(4,38)39)25-14-15-28(40-3)26(32)18-25/h6-16,18,21,27H,5,17,19-20H2,1-4H3,(H,33,37)/t21-,27-/m1/s1. The van der Waals surface area contributed by atoms with Crippen LogP contribution in [0, 0.1) is 0 Å². The first-order valence-corrected chi connectivity index (χ1v) is 15.7. The van der Waals surface area contributed by atoms with Gasteiger partial charge >= 0.3 is 0 Å². The van der Waals surface area contributed by atoms with Gasteiger partial charge < -0.3 is 15.0 Å². The topological polar surface area (TPSA) is 96.0 Å². The molecule has 3 aromatic carbocycles. The highest BCUT2D eigenvalue weighted by Gasteiger charge is 2.33. The number of anilines is 1. The maximum Gasteiger partial charge on any atom is 0.244 e. The van der Waals surface area contributed by atoms with Gasteiger partial charge in [-0.1, -0.05) is 72.6 Å². The normalized spacial score (nSPS) is 12.7. The summed E-state index contributed by atoms with van der Waals surface area (Å²) in [6.45, 7) is 3.32. The van der Waals surface area contributed by atoms with Crippen molar-refractivity contribution in [2.75, 3.05) is 24.2 Å². The molecule has 0 aliphatic heterocycles. The fourth-order valence-corrected chi connectivity index (χ4v) is 5.56. The number of hydrogen-bond acceptors (Lipinski definition) is 5. The molecule has 0 aliphatic rings. The van der Waals surface area contributed by atoms with E-state index >= 15 is 0 Å². The van der Waals surface area contributed by atoms with Crippen molar-refractivity contribution in [1.82, 2.24) is 10.2 Å². The molecule has 11 heteroatoms. The fourth-order valence-electron chi connectivity index (χ4n) is 4.25. The number of hydrogen-bond donors (Lipinski definition) is 1. The van der Waals surface area contributed by atoms with Gasteiger partial charge in [-0.25, -0.2) is 8.42 Å². The van der Waals surface area contributed by atoms with E-state index in [2.05, 4.69) is 5.32 Å². The summed E-state index contributed by atoms with van der Waals surface area (Å²) >= 11 is 12.5. The van der Waals surface area contributed by atoms with Crippen LogP contribution in [0.4, 0.5) is 5.69 Å². The minimum Gasteiger partial charge on any atom is -0.495 e. The van der Waals surface area contributed by atoms with E-state index in [9.17, 15) is 18.0 Å². The first-order chi connectivity index (χ1) is 19.4. The van der Waals surface area contributed by atoms with E-state index in [-0.39, 0.29) is 35.6 Å². The number of nitrogens with zero attached hydrogens (tertiary/aromatic N) is 2. The number of benzene rings is 3. The summed E-state index contributed by atoms with van der Waals surface area (Å²) in [5, 5.41) is 3.66. The largest absolute Gasteiger partial charge is 0.495 e. The first kappa shape index (κ1) is 32.2. The van der Waals surface area contributed by atoms with Gasteiger partial charge in [-0.05, 0) is 54.8 Å². The van der Waals surface area contributed by atoms with Crippen LogP contribution in [-0.4, -0.2) is 57.1 Å². The predicted octanol–water partition coefficient (Wildman–Crippen LogP) is 5.32. The van der Waals surface area contributed by atoms with Gasteiger partial charge in [0.2, 0.25) is 21.8 Å². The number of carbonyl (C=O) groups excluding carboxylic acids is 2. The lowest BCUT2D eigenvalue weighted by molar-refractivity contribution is -0.140. The number of rotatable bonds is 13. The summed E-state index contributed by atoms with van der Waals surface area (Å²) in [6, 6.07) is 19.8. The molecule has 1 N–H and O–H groups in total. The second-order valence-corrected chi connectivity index (χ2v) is 12.5. The van der Waals surface area contributed by atoms with Crippen molar-refractivity contribution in [2.24, 2.45) is 0 Å². The summed E-state index contributed by atoms with van der Waals surface area (Å²) < 4.78 is 32.0. The molecule has 0 bridgehead atoms. The molecular formula is C30H35Cl2N3O5S. The van der Waals surface area contributed by atoms with Crippen LogP contribution in [0.1, 0.15) is 31.4 Å². The van der Waals surface area contributed by atoms with Crippen molar-refractivity contribution in [1.29, 1.82) is 0 Å². The third-order valence-electron chi connectivity index (χ3n) is 6.62. The highest BCUT2D eigenvalue weighted by Crippen LogP contribution is 2.30. The minimum atomic E-state index is -3.93. The van der Waals surface area contributed by atoms with Crippen molar-refractivity contribution in [3.63, 3.8) is 0 Å². The van der Waals surface area contributed by atoms with Crippen LogP contribution in [0.15, 0.2) is 72.8 Å². The molecule has 0 heterocycles. The molecule has 2 atom stereocenters. The highest BCUT2D eigenvalue weighted by atomic mass is 35.5. The van der Waals surface area contributed by atoms with Crippen LogP contribution in [0.5, 0.6) is 5.75 Å². The Morgan fingerprint density at radius 2 is 1.66 bits per heavy atom. The molecule has 0 fully saturated rings. The van der Waals surface area contributed by atoms with E-state index in [0.717, 1.165) is 16.1 Å². The second-order valence-electron chi connectivity index (χ2n) is 9.76. The highest BCUT2D eigenvalue weighted by molar-refractivity contribution is 7.92. The minimum absolute atomic E-state index is 0.0335. The van der Waals surface area contributed by atoms with Crippen molar-refractivity contribution < 1.29 is 22.7 Å². The Balaban J connectivity index is 2.07. The van der Waals surface area contributed by atoms with Crippen molar-refractivity contribution in [3.8, 4) is 5.75 Å². The van der Waals surface area contributed by atoms with Crippen molar-refractivity contribution >= 4 is 50.7 Å². The number of carbonyl (C=O) groups is 2. The van der Waals surface area contributed by atoms with Crippen LogP contribution in [-0.2, 0) is 32.6 Å². The fraction of sp³-hybridized carbons (Fsp3) is 0.333. The van der Waals surface area contributed by atoms with E-state index in [4.69, 9.17) is 27.9 Å². The lowest BCUT2D eigenvalue weighted by Gasteiger charge is -2.34. The van der Waals surface area contributed by atoms with E-state index in [1.54, 1.807) is 24.3 Å².